The lowest BCUT2D eigenvalue weighted by atomic mass is 10.1. The zero-order valence-electron chi connectivity index (χ0n) is 16.7. The molecule has 0 bridgehead atoms. The first-order valence-electron chi connectivity index (χ1n) is 9.89. The Kier molecular flexibility index (Phi) is 6.02. The first kappa shape index (κ1) is 21.1. The number of anilines is 2. The summed E-state index contributed by atoms with van der Waals surface area (Å²) in [6.07, 6.45) is 0.824. The van der Waals surface area contributed by atoms with E-state index in [1.807, 2.05) is 31.2 Å². The van der Waals surface area contributed by atoms with E-state index in [-0.39, 0.29) is 28.4 Å². The van der Waals surface area contributed by atoms with Crippen LogP contribution in [0.5, 0.6) is 0 Å². The van der Waals surface area contributed by atoms with E-state index in [1.165, 1.54) is 16.4 Å². The lowest BCUT2D eigenvalue weighted by Gasteiger charge is -2.26. The fourth-order valence-corrected chi connectivity index (χ4v) is 5.85. The maximum absolute atomic E-state index is 13.0. The van der Waals surface area contributed by atoms with Gasteiger partial charge in [-0.1, -0.05) is 29.8 Å². The number of morpholine rings is 1. The Morgan fingerprint density at radius 1 is 1.20 bits per heavy atom. The Morgan fingerprint density at radius 2 is 1.93 bits per heavy atom. The molecule has 0 aliphatic carbocycles. The molecule has 1 amide bonds. The van der Waals surface area contributed by atoms with E-state index in [1.54, 1.807) is 11.0 Å². The predicted molar refractivity (Wildman–Crippen MR) is 117 cm³/mol. The normalized spacial score (nSPS) is 19.5. The smallest absolute Gasteiger partial charge is 0.246 e. The third kappa shape index (κ3) is 4.05. The number of rotatable bonds is 5. The third-order valence-corrected chi connectivity index (χ3v) is 7.82. The molecule has 1 saturated heterocycles. The van der Waals surface area contributed by atoms with Crippen LogP contribution in [0.15, 0.2) is 47.4 Å². The highest BCUT2D eigenvalue weighted by Gasteiger charge is 2.31. The molecular weight excluding hydrogens is 426 g/mol. The molecule has 4 rings (SSSR count). The Hall–Kier alpha value is -2.13. The highest BCUT2D eigenvalue weighted by molar-refractivity contribution is 7.89. The summed E-state index contributed by atoms with van der Waals surface area (Å²) in [5.41, 5.74) is 2.62. The van der Waals surface area contributed by atoms with Gasteiger partial charge in [-0.05, 0) is 43.2 Å². The Bertz CT molecular complexity index is 1050. The van der Waals surface area contributed by atoms with Crippen molar-refractivity contribution in [2.75, 3.05) is 43.1 Å². The number of ether oxygens (including phenoxy) is 1. The molecule has 0 radical (unpaired) electrons. The summed E-state index contributed by atoms with van der Waals surface area (Å²) in [4.78, 5) is 14.7. The molecule has 1 fully saturated rings. The van der Waals surface area contributed by atoms with Crippen molar-refractivity contribution in [1.29, 1.82) is 0 Å². The largest absolute Gasteiger partial charge is 0.379 e. The van der Waals surface area contributed by atoms with Crippen molar-refractivity contribution in [2.45, 2.75) is 24.3 Å². The van der Waals surface area contributed by atoms with Crippen LogP contribution >= 0.6 is 11.6 Å². The molecule has 2 aliphatic heterocycles. The van der Waals surface area contributed by atoms with E-state index in [9.17, 15) is 13.2 Å². The fourth-order valence-electron chi connectivity index (χ4n) is 3.95. The van der Waals surface area contributed by atoms with E-state index in [2.05, 4.69) is 5.32 Å². The van der Waals surface area contributed by atoms with E-state index in [0.717, 1.165) is 17.7 Å². The molecule has 1 atom stereocenters. The minimum absolute atomic E-state index is 0.0309. The second-order valence-electron chi connectivity index (χ2n) is 7.46. The molecule has 1 N–H and O–H groups in total. The number of hydrogen-bond acceptors (Lipinski definition) is 5. The number of nitrogens with one attached hydrogen (secondary N) is 1. The van der Waals surface area contributed by atoms with Gasteiger partial charge >= 0.3 is 0 Å². The molecule has 0 saturated carbocycles. The van der Waals surface area contributed by atoms with Gasteiger partial charge in [-0.15, -0.1) is 0 Å². The van der Waals surface area contributed by atoms with Crippen LogP contribution in [0.25, 0.3) is 0 Å². The van der Waals surface area contributed by atoms with Gasteiger partial charge in [0.2, 0.25) is 15.9 Å². The fraction of sp³-hybridized carbons (Fsp3) is 0.381. The molecule has 0 spiro atoms. The summed E-state index contributed by atoms with van der Waals surface area (Å²) in [6.45, 7) is 3.38. The second-order valence-corrected chi connectivity index (χ2v) is 9.77. The van der Waals surface area contributed by atoms with Gasteiger partial charge in [0.1, 0.15) is 4.90 Å². The number of nitrogens with zero attached hydrogens (tertiary/aromatic N) is 2. The molecule has 0 aromatic heterocycles. The SMILES string of the molecule is CC1Cc2ccccc2N1C(=O)CNc1ccc(Cl)c(S(=O)(=O)N2CCOCC2)c1. The molecule has 160 valence electrons. The lowest BCUT2D eigenvalue weighted by Crippen LogP contribution is -2.40. The van der Waals surface area contributed by atoms with Crippen molar-refractivity contribution >= 4 is 38.9 Å². The maximum atomic E-state index is 13.0. The van der Waals surface area contributed by atoms with Crippen molar-refractivity contribution in [3.05, 3.63) is 53.1 Å². The summed E-state index contributed by atoms with van der Waals surface area (Å²) in [5.74, 6) is -0.0695. The van der Waals surface area contributed by atoms with Crippen LogP contribution in [0.1, 0.15) is 12.5 Å². The zero-order valence-corrected chi connectivity index (χ0v) is 18.2. The quantitative estimate of drug-likeness (QED) is 0.759. The van der Waals surface area contributed by atoms with Gasteiger partial charge in [0.15, 0.2) is 0 Å². The van der Waals surface area contributed by atoms with Crippen LogP contribution in [0.4, 0.5) is 11.4 Å². The summed E-state index contributed by atoms with van der Waals surface area (Å²) in [5, 5.41) is 3.21. The second kappa shape index (κ2) is 8.55. The number of benzene rings is 2. The Balaban J connectivity index is 1.49. The first-order chi connectivity index (χ1) is 14.4. The van der Waals surface area contributed by atoms with Crippen LogP contribution in [0, 0.1) is 0 Å². The standard InChI is InChI=1S/C21H24ClN3O4S/c1-15-12-16-4-2-3-5-19(16)25(15)21(26)14-23-17-6-7-18(22)20(13-17)30(27,28)24-8-10-29-11-9-24/h2-7,13,15,23H,8-12,14H2,1H3. The molecule has 2 aliphatic rings. The molecule has 1 unspecified atom stereocenters. The lowest BCUT2D eigenvalue weighted by molar-refractivity contribution is -0.117. The molecule has 30 heavy (non-hydrogen) atoms. The van der Waals surface area contributed by atoms with Gasteiger partial charge in [-0.2, -0.15) is 4.31 Å². The van der Waals surface area contributed by atoms with Crippen LogP contribution in [-0.4, -0.2) is 57.5 Å². The molecule has 2 aromatic carbocycles. The number of hydrogen-bond donors (Lipinski definition) is 1. The van der Waals surface area contributed by atoms with Gasteiger partial charge in [0.05, 0.1) is 24.8 Å². The summed E-state index contributed by atoms with van der Waals surface area (Å²) in [7, 11) is -3.73. The van der Waals surface area contributed by atoms with Crippen molar-refractivity contribution in [1.82, 2.24) is 4.31 Å². The molecule has 9 heteroatoms. The average Bonchev–Trinajstić information content (AvgIpc) is 3.09. The van der Waals surface area contributed by atoms with Crippen LogP contribution in [-0.2, 0) is 26.0 Å². The van der Waals surface area contributed by atoms with E-state index in [0.29, 0.717) is 32.0 Å². The molecular formula is C21H24ClN3O4S. The number of amides is 1. The summed E-state index contributed by atoms with van der Waals surface area (Å²) in [6, 6.07) is 12.7. The van der Waals surface area contributed by atoms with Crippen molar-refractivity contribution < 1.29 is 17.9 Å². The number of sulfonamides is 1. The van der Waals surface area contributed by atoms with Crippen molar-refractivity contribution in [3.63, 3.8) is 0 Å². The molecule has 2 heterocycles. The highest BCUT2D eigenvalue weighted by atomic mass is 35.5. The van der Waals surface area contributed by atoms with Gasteiger partial charge in [0.25, 0.3) is 0 Å². The van der Waals surface area contributed by atoms with Crippen LogP contribution < -0.4 is 10.2 Å². The highest BCUT2D eigenvalue weighted by Crippen LogP contribution is 2.32. The topological polar surface area (TPSA) is 79.0 Å². The minimum Gasteiger partial charge on any atom is -0.379 e. The van der Waals surface area contributed by atoms with Gasteiger partial charge < -0.3 is 15.0 Å². The summed E-state index contributed by atoms with van der Waals surface area (Å²) >= 11 is 6.20. The number of para-hydroxylation sites is 1. The number of carbonyl (C=O) groups is 1. The maximum Gasteiger partial charge on any atom is 0.246 e. The van der Waals surface area contributed by atoms with Gasteiger partial charge in [-0.25, -0.2) is 8.42 Å². The number of fused-ring (bicyclic) bond motifs is 1. The molecule has 2 aromatic rings. The van der Waals surface area contributed by atoms with Crippen LogP contribution in [0.3, 0.4) is 0 Å². The van der Waals surface area contributed by atoms with Crippen molar-refractivity contribution in [3.8, 4) is 0 Å². The van der Waals surface area contributed by atoms with Crippen LogP contribution in [0.2, 0.25) is 5.02 Å². The predicted octanol–water partition coefficient (Wildman–Crippen LogP) is 2.75. The first-order valence-corrected chi connectivity index (χ1v) is 11.7. The Morgan fingerprint density at radius 3 is 2.70 bits per heavy atom. The van der Waals surface area contributed by atoms with E-state index < -0.39 is 10.0 Å². The van der Waals surface area contributed by atoms with Gasteiger partial charge in [0, 0.05) is 30.5 Å². The Labute approximate surface area is 181 Å². The van der Waals surface area contributed by atoms with Crippen molar-refractivity contribution in [2.24, 2.45) is 0 Å². The number of halogens is 1. The van der Waals surface area contributed by atoms with E-state index in [4.69, 9.17) is 16.3 Å². The third-order valence-electron chi connectivity index (χ3n) is 5.44. The monoisotopic (exact) mass is 449 g/mol. The summed E-state index contributed by atoms with van der Waals surface area (Å²) < 4.78 is 32.6. The minimum atomic E-state index is -3.73. The average molecular weight is 450 g/mol. The van der Waals surface area contributed by atoms with Gasteiger partial charge in [-0.3, -0.25) is 4.79 Å². The molecule has 7 nitrogen and oxygen atoms in total. The zero-order chi connectivity index (χ0) is 21.3. The van der Waals surface area contributed by atoms with E-state index >= 15 is 0 Å². The number of carbonyl (C=O) groups excluding carboxylic acids is 1.